The van der Waals surface area contributed by atoms with Crippen LogP contribution in [0, 0.1) is 0 Å². The highest BCUT2D eigenvalue weighted by atomic mass is 35.5. The summed E-state index contributed by atoms with van der Waals surface area (Å²) in [5.74, 6) is 0.835. The summed E-state index contributed by atoms with van der Waals surface area (Å²) in [5.41, 5.74) is 4.11. The minimum Gasteiger partial charge on any atom is -0.437 e. The molecule has 0 amide bonds. The first-order valence-electron chi connectivity index (χ1n) is 11.2. The monoisotopic (exact) mass is 492 g/mol. The first-order chi connectivity index (χ1) is 17.2. The standard InChI is InChI=1S/C29H17ClN2O2S/c30-20-13-10-18(11-14-20)23-16-35-29-31-27-25(28(33)32(23)29)24(19-7-2-1-3-8-19)22-15-12-17-6-4-5-9-21(17)26(22)34-27/h1-16,24H. The summed E-state index contributed by atoms with van der Waals surface area (Å²) in [7, 11) is 0. The molecule has 0 aliphatic carbocycles. The number of hydrogen-bond donors (Lipinski definition) is 0. The zero-order chi connectivity index (χ0) is 23.5. The SMILES string of the molecule is O=c1c2c(nc3scc(-c4ccc(Cl)cc4)n13)Oc1c(ccc3ccccc13)C2c1ccccc1. The maximum absolute atomic E-state index is 14.2. The molecule has 0 radical (unpaired) electrons. The van der Waals surface area contributed by atoms with Crippen molar-refractivity contribution in [2.24, 2.45) is 0 Å². The fourth-order valence-electron chi connectivity index (χ4n) is 4.94. The van der Waals surface area contributed by atoms with E-state index in [4.69, 9.17) is 21.3 Å². The quantitative estimate of drug-likeness (QED) is 0.251. The van der Waals surface area contributed by atoms with Gasteiger partial charge in [0.1, 0.15) is 5.75 Å². The number of ether oxygens (including phenoxy) is 1. The molecule has 4 nitrogen and oxygen atoms in total. The maximum atomic E-state index is 14.2. The van der Waals surface area contributed by atoms with Crippen molar-refractivity contribution in [1.29, 1.82) is 0 Å². The van der Waals surface area contributed by atoms with Gasteiger partial charge in [-0.3, -0.25) is 9.20 Å². The molecule has 0 saturated heterocycles. The van der Waals surface area contributed by atoms with Crippen LogP contribution in [0.3, 0.4) is 0 Å². The van der Waals surface area contributed by atoms with Crippen LogP contribution in [0.25, 0.3) is 27.0 Å². The molecule has 4 aromatic carbocycles. The highest BCUT2D eigenvalue weighted by molar-refractivity contribution is 7.15. The Morgan fingerprint density at radius 3 is 2.49 bits per heavy atom. The Hall–Kier alpha value is -3.93. The largest absolute Gasteiger partial charge is 0.437 e. The van der Waals surface area contributed by atoms with Crippen molar-refractivity contribution < 1.29 is 4.74 Å². The molecule has 7 rings (SSSR count). The molecule has 168 valence electrons. The van der Waals surface area contributed by atoms with Crippen LogP contribution in [0.15, 0.2) is 101 Å². The lowest BCUT2D eigenvalue weighted by Crippen LogP contribution is -2.26. The average molecular weight is 493 g/mol. The Labute approximate surface area is 209 Å². The van der Waals surface area contributed by atoms with Crippen LogP contribution in [0.2, 0.25) is 5.02 Å². The van der Waals surface area contributed by atoms with E-state index < -0.39 is 0 Å². The second-order valence-electron chi connectivity index (χ2n) is 8.53. The molecule has 3 heterocycles. The van der Waals surface area contributed by atoms with E-state index in [1.807, 2.05) is 60.0 Å². The smallest absolute Gasteiger partial charge is 0.267 e. The van der Waals surface area contributed by atoms with Gasteiger partial charge in [0.25, 0.3) is 5.56 Å². The predicted octanol–water partition coefficient (Wildman–Crippen LogP) is 7.52. The summed E-state index contributed by atoms with van der Waals surface area (Å²) in [6, 6.07) is 29.9. The fraction of sp³-hybridized carbons (Fsp3) is 0.0345. The molecule has 35 heavy (non-hydrogen) atoms. The van der Waals surface area contributed by atoms with Gasteiger partial charge in [0.05, 0.1) is 11.3 Å². The van der Waals surface area contributed by atoms with Crippen molar-refractivity contribution in [3.8, 4) is 22.9 Å². The highest BCUT2D eigenvalue weighted by Gasteiger charge is 2.35. The number of thiazole rings is 1. The second-order valence-corrected chi connectivity index (χ2v) is 9.81. The Balaban J connectivity index is 1.54. The minimum atomic E-state index is -0.297. The van der Waals surface area contributed by atoms with Gasteiger partial charge in [0.15, 0.2) is 4.96 Å². The van der Waals surface area contributed by atoms with Gasteiger partial charge in [-0.1, -0.05) is 90.5 Å². The third kappa shape index (κ3) is 3.13. The Kier molecular flexibility index (Phi) is 4.56. The minimum absolute atomic E-state index is 0.121. The van der Waals surface area contributed by atoms with E-state index in [-0.39, 0.29) is 11.5 Å². The van der Waals surface area contributed by atoms with E-state index in [0.717, 1.165) is 38.9 Å². The Morgan fingerprint density at radius 2 is 1.66 bits per heavy atom. The lowest BCUT2D eigenvalue weighted by atomic mass is 9.83. The third-order valence-corrected chi connectivity index (χ3v) is 7.63. The second kappa shape index (κ2) is 7.80. The van der Waals surface area contributed by atoms with Crippen molar-refractivity contribution >= 4 is 38.7 Å². The summed E-state index contributed by atoms with van der Waals surface area (Å²) in [6.45, 7) is 0. The zero-order valence-corrected chi connectivity index (χ0v) is 19.9. The lowest BCUT2D eigenvalue weighted by molar-refractivity contribution is 0.437. The molecule has 2 aromatic heterocycles. The van der Waals surface area contributed by atoms with Gasteiger partial charge in [-0.05, 0) is 28.6 Å². The predicted molar refractivity (Wildman–Crippen MR) is 141 cm³/mol. The van der Waals surface area contributed by atoms with Gasteiger partial charge in [0, 0.05) is 27.3 Å². The number of nitrogens with zero attached hydrogens (tertiary/aromatic N) is 2. The van der Waals surface area contributed by atoms with Crippen molar-refractivity contribution in [2.45, 2.75) is 5.92 Å². The lowest BCUT2D eigenvalue weighted by Gasteiger charge is -2.28. The van der Waals surface area contributed by atoms with E-state index in [2.05, 4.69) is 36.4 Å². The van der Waals surface area contributed by atoms with Gasteiger partial charge < -0.3 is 4.74 Å². The van der Waals surface area contributed by atoms with Crippen LogP contribution in [-0.2, 0) is 0 Å². The summed E-state index contributed by atoms with van der Waals surface area (Å²) in [5, 5.41) is 4.70. The topological polar surface area (TPSA) is 43.6 Å². The molecule has 1 aliphatic rings. The van der Waals surface area contributed by atoms with Crippen LogP contribution in [0.4, 0.5) is 0 Å². The summed E-state index contributed by atoms with van der Waals surface area (Å²) in [6.07, 6.45) is 0. The van der Waals surface area contributed by atoms with Crippen LogP contribution in [0.1, 0.15) is 22.6 Å². The van der Waals surface area contributed by atoms with E-state index in [1.54, 1.807) is 4.40 Å². The first kappa shape index (κ1) is 20.4. The molecule has 0 N–H and O–H groups in total. The molecule has 1 unspecified atom stereocenters. The van der Waals surface area contributed by atoms with Crippen LogP contribution >= 0.6 is 22.9 Å². The van der Waals surface area contributed by atoms with Crippen molar-refractivity contribution in [3.05, 3.63) is 128 Å². The summed E-state index contributed by atoms with van der Waals surface area (Å²) >= 11 is 7.52. The van der Waals surface area contributed by atoms with Crippen LogP contribution in [0.5, 0.6) is 11.6 Å². The molecule has 6 heteroatoms. The van der Waals surface area contributed by atoms with E-state index in [1.165, 1.54) is 11.3 Å². The molecule has 1 aliphatic heterocycles. The number of fused-ring (bicyclic) bond motifs is 5. The molecule has 0 fully saturated rings. The molecule has 0 saturated carbocycles. The fourth-order valence-corrected chi connectivity index (χ4v) is 5.94. The third-order valence-electron chi connectivity index (χ3n) is 6.55. The van der Waals surface area contributed by atoms with Crippen LogP contribution in [-0.4, -0.2) is 9.38 Å². The van der Waals surface area contributed by atoms with Crippen molar-refractivity contribution in [3.63, 3.8) is 0 Å². The van der Waals surface area contributed by atoms with Gasteiger partial charge in [-0.15, -0.1) is 11.3 Å². The molecule has 0 spiro atoms. The number of aromatic nitrogens is 2. The first-order valence-corrected chi connectivity index (χ1v) is 12.5. The Bertz CT molecular complexity index is 1810. The van der Waals surface area contributed by atoms with Crippen LogP contribution < -0.4 is 10.3 Å². The van der Waals surface area contributed by atoms with Gasteiger partial charge in [-0.2, -0.15) is 4.98 Å². The van der Waals surface area contributed by atoms with Gasteiger partial charge in [-0.25, -0.2) is 0 Å². The molecule has 0 bridgehead atoms. The van der Waals surface area contributed by atoms with Gasteiger partial charge in [0.2, 0.25) is 5.88 Å². The van der Waals surface area contributed by atoms with E-state index >= 15 is 0 Å². The van der Waals surface area contributed by atoms with E-state index in [9.17, 15) is 4.79 Å². The summed E-state index contributed by atoms with van der Waals surface area (Å²) in [4.78, 5) is 19.6. The normalized spacial score (nSPS) is 14.5. The van der Waals surface area contributed by atoms with Crippen molar-refractivity contribution in [2.75, 3.05) is 0 Å². The number of rotatable bonds is 2. The average Bonchev–Trinajstić information content (AvgIpc) is 3.32. The number of benzene rings is 4. The summed E-state index contributed by atoms with van der Waals surface area (Å²) < 4.78 is 8.12. The molecule has 1 atom stereocenters. The van der Waals surface area contributed by atoms with Crippen molar-refractivity contribution in [1.82, 2.24) is 9.38 Å². The zero-order valence-electron chi connectivity index (χ0n) is 18.3. The maximum Gasteiger partial charge on any atom is 0.267 e. The molecular formula is C29H17ClN2O2S. The number of hydrogen-bond acceptors (Lipinski definition) is 4. The van der Waals surface area contributed by atoms with E-state index in [0.29, 0.717) is 21.4 Å². The van der Waals surface area contributed by atoms with Gasteiger partial charge >= 0.3 is 0 Å². The molecular weight excluding hydrogens is 476 g/mol. The molecule has 6 aromatic rings. The number of halogens is 1. The highest BCUT2D eigenvalue weighted by Crippen LogP contribution is 2.48. The Morgan fingerprint density at radius 1 is 0.886 bits per heavy atom.